The zero-order valence-electron chi connectivity index (χ0n) is 13.8. The molecule has 0 radical (unpaired) electrons. The van der Waals surface area contributed by atoms with Crippen LogP contribution in [0.15, 0.2) is 12.2 Å². The lowest BCUT2D eigenvalue weighted by Gasteiger charge is -2.01. The third-order valence-electron chi connectivity index (χ3n) is 3.51. The summed E-state index contributed by atoms with van der Waals surface area (Å²) in [5.74, 6) is -0.520. The van der Waals surface area contributed by atoms with Crippen molar-refractivity contribution in [2.75, 3.05) is 0 Å². The first kappa shape index (κ1) is 20.6. The molecule has 0 unspecified atom stereocenters. The van der Waals surface area contributed by atoms with Gasteiger partial charge < -0.3 is 5.11 Å². The minimum absolute atomic E-state index is 0.0419. The molecule has 0 bridgehead atoms. The Morgan fingerprint density at radius 1 is 0.818 bits per heavy atom. The molecule has 0 aliphatic carbocycles. The van der Waals surface area contributed by atoms with Gasteiger partial charge in [0.05, 0.1) is 0 Å². The van der Waals surface area contributed by atoms with Crippen molar-refractivity contribution in [3.8, 4) is 0 Å². The minimum atomic E-state index is -0.732. The van der Waals surface area contributed by atoms with Gasteiger partial charge in [-0.15, -0.1) is 0 Å². The van der Waals surface area contributed by atoms with Gasteiger partial charge in [0.25, 0.3) is 0 Å². The van der Waals surface area contributed by atoms with E-state index >= 15 is 0 Å². The summed E-state index contributed by atoms with van der Waals surface area (Å²) in [6.45, 7) is 2.06. The SMILES string of the molecule is CCC/C=C/C(=O)CCC(=O)CCCCCCCCC(=O)O. The van der Waals surface area contributed by atoms with Crippen molar-refractivity contribution in [3.63, 3.8) is 0 Å². The maximum Gasteiger partial charge on any atom is 0.303 e. The lowest BCUT2D eigenvalue weighted by atomic mass is 10.0. The van der Waals surface area contributed by atoms with Crippen LogP contribution in [0.1, 0.15) is 84.0 Å². The molecule has 4 nitrogen and oxygen atoms in total. The van der Waals surface area contributed by atoms with Gasteiger partial charge in [0.1, 0.15) is 5.78 Å². The first-order valence-electron chi connectivity index (χ1n) is 8.49. The zero-order valence-corrected chi connectivity index (χ0v) is 13.8. The van der Waals surface area contributed by atoms with Gasteiger partial charge in [0.15, 0.2) is 5.78 Å². The van der Waals surface area contributed by atoms with Gasteiger partial charge in [-0.3, -0.25) is 14.4 Å². The highest BCUT2D eigenvalue weighted by Crippen LogP contribution is 2.10. The summed E-state index contributed by atoms with van der Waals surface area (Å²) < 4.78 is 0. The van der Waals surface area contributed by atoms with Crippen LogP contribution < -0.4 is 0 Å². The predicted octanol–water partition coefficient (Wildman–Crippen LogP) is 4.47. The Morgan fingerprint density at radius 2 is 1.41 bits per heavy atom. The van der Waals surface area contributed by atoms with E-state index in [-0.39, 0.29) is 18.0 Å². The number of unbranched alkanes of at least 4 members (excludes halogenated alkanes) is 6. The number of hydrogen-bond acceptors (Lipinski definition) is 3. The molecule has 0 saturated heterocycles. The maximum atomic E-state index is 11.6. The standard InChI is InChI=1S/C18H30O4/c1-2-3-8-11-16(19)14-15-17(20)12-9-6-4-5-7-10-13-18(21)22/h8,11H,2-7,9-10,12-15H2,1H3,(H,21,22)/b11-8+. The van der Waals surface area contributed by atoms with Crippen LogP contribution in [0.4, 0.5) is 0 Å². The quantitative estimate of drug-likeness (QED) is 0.358. The second-order valence-electron chi connectivity index (χ2n) is 5.71. The molecule has 0 aromatic rings. The number of carbonyl (C=O) groups excluding carboxylic acids is 2. The molecular weight excluding hydrogens is 280 g/mol. The van der Waals surface area contributed by atoms with Crippen LogP contribution >= 0.6 is 0 Å². The lowest BCUT2D eigenvalue weighted by Crippen LogP contribution is -2.02. The molecule has 1 N–H and O–H groups in total. The van der Waals surface area contributed by atoms with E-state index in [4.69, 9.17) is 5.11 Å². The number of ketones is 2. The zero-order chi connectivity index (χ0) is 16.6. The van der Waals surface area contributed by atoms with Gasteiger partial charge >= 0.3 is 5.97 Å². The third kappa shape index (κ3) is 14.9. The Balaban J connectivity index is 3.43. The number of allylic oxidation sites excluding steroid dienone is 2. The Labute approximate surface area is 134 Å². The summed E-state index contributed by atoms with van der Waals surface area (Å²) in [6, 6.07) is 0. The molecule has 22 heavy (non-hydrogen) atoms. The number of aliphatic carboxylic acids is 1. The number of hydrogen-bond donors (Lipinski definition) is 1. The largest absolute Gasteiger partial charge is 0.481 e. The molecule has 0 atom stereocenters. The van der Waals surface area contributed by atoms with Crippen molar-refractivity contribution in [2.45, 2.75) is 84.0 Å². The summed E-state index contributed by atoms with van der Waals surface area (Å²) in [5.41, 5.74) is 0. The van der Waals surface area contributed by atoms with Crippen LogP contribution in [0.3, 0.4) is 0 Å². The molecule has 0 heterocycles. The molecule has 0 saturated carbocycles. The van der Waals surface area contributed by atoms with Crippen LogP contribution in [-0.2, 0) is 14.4 Å². The second-order valence-corrected chi connectivity index (χ2v) is 5.71. The molecule has 4 heteroatoms. The van der Waals surface area contributed by atoms with Crippen molar-refractivity contribution in [1.82, 2.24) is 0 Å². The van der Waals surface area contributed by atoms with Crippen molar-refractivity contribution < 1.29 is 19.5 Å². The monoisotopic (exact) mass is 310 g/mol. The van der Waals surface area contributed by atoms with Crippen molar-refractivity contribution in [1.29, 1.82) is 0 Å². The van der Waals surface area contributed by atoms with Crippen LogP contribution in [-0.4, -0.2) is 22.6 Å². The Bertz CT molecular complexity index is 358. The van der Waals surface area contributed by atoms with E-state index in [9.17, 15) is 14.4 Å². The van der Waals surface area contributed by atoms with Crippen LogP contribution in [0.2, 0.25) is 0 Å². The molecule has 0 amide bonds. The van der Waals surface area contributed by atoms with Crippen LogP contribution in [0.5, 0.6) is 0 Å². The van der Waals surface area contributed by atoms with Crippen LogP contribution in [0.25, 0.3) is 0 Å². The number of carboxylic acid groups (broad SMARTS) is 1. The van der Waals surface area contributed by atoms with Crippen LogP contribution in [0, 0.1) is 0 Å². The summed E-state index contributed by atoms with van der Waals surface area (Å²) >= 11 is 0. The van der Waals surface area contributed by atoms with Gasteiger partial charge in [-0.05, 0) is 25.3 Å². The first-order valence-corrected chi connectivity index (χ1v) is 8.49. The number of rotatable bonds is 15. The first-order chi connectivity index (χ1) is 10.6. The minimum Gasteiger partial charge on any atom is -0.481 e. The molecule has 0 aromatic heterocycles. The van der Waals surface area contributed by atoms with Crippen molar-refractivity contribution >= 4 is 17.5 Å². The fraction of sp³-hybridized carbons (Fsp3) is 0.722. The fourth-order valence-corrected chi connectivity index (χ4v) is 2.16. The van der Waals surface area contributed by atoms with E-state index < -0.39 is 5.97 Å². The van der Waals surface area contributed by atoms with Crippen molar-refractivity contribution in [2.24, 2.45) is 0 Å². The molecular formula is C18H30O4. The average Bonchev–Trinajstić information content (AvgIpc) is 2.47. The van der Waals surface area contributed by atoms with Gasteiger partial charge in [-0.1, -0.05) is 45.1 Å². The molecule has 0 fully saturated rings. The van der Waals surface area contributed by atoms with Gasteiger partial charge in [-0.2, -0.15) is 0 Å². The lowest BCUT2D eigenvalue weighted by molar-refractivity contribution is -0.137. The van der Waals surface area contributed by atoms with Crippen molar-refractivity contribution in [3.05, 3.63) is 12.2 Å². The highest BCUT2D eigenvalue weighted by molar-refractivity contribution is 5.92. The fourth-order valence-electron chi connectivity index (χ4n) is 2.16. The molecule has 0 aliphatic heterocycles. The number of carbonyl (C=O) groups is 3. The summed E-state index contributed by atoms with van der Waals surface area (Å²) in [6.07, 6.45) is 12.5. The number of Topliss-reactive ketones (excluding diaryl/α,β-unsaturated/α-hetero) is 1. The van der Waals surface area contributed by atoms with Gasteiger partial charge in [0.2, 0.25) is 0 Å². The highest BCUT2D eigenvalue weighted by atomic mass is 16.4. The van der Waals surface area contributed by atoms with E-state index in [1.807, 2.05) is 6.08 Å². The maximum absolute atomic E-state index is 11.6. The molecule has 0 aromatic carbocycles. The normalized spacial score (nSPS) is 11.0. The Hall–Kier alpha value is -1.45. The topological polar surface area (TPSA) is 71.4 Å². The van der Waals surface area contributed by atoms with Gasteiger partial charge in [0, 0.05) is 25.7 Å². The molecule has 0 rings (SSSR count). The summed E-state index contributed by atoms with van der Waals surface area (Å²) in [5, 5.41) is 8.50. The Morgan fingerprint density at radius 3 is 2.00 bits per heavy atom. The van der Waals surface area contributed by atoms with E-state index in [0.29, 0.717) is 19.3 Å². The highest BCUT2D eigenvalue weighted by Gasteiger charge is 2.05. The average molecular weight is 310 g/mol. The van der Waals surface area contributed by atoms with E-state index in [2.05, 4.69) is 6.92 Å². The molecule has 0 aliphatic rings. The smallest absolute Gasteiger partial charge is 0.303 e. The Kier molecular flexibility index (Phi) is 13.5. The predicted molar refractivity (Wildman–Crippen MR) is 87.9 cm³/mol. The summed E-state index contributed by atoms with van der Waals surface area (Å²) in [7, 11) is 0. The molecule has 126 valence electrons. The molecule has 0 spiro atoms. The van der Waals surface area contributed by atoms with E-state index in [0.717, 1.165) is 51.4 Å². The second kappa shape index (κ2) is 14.5. The third-order valence-corrected chi connectivity index (χ3v) is 3.51. The summed E-state index contributed by atoms with van der Waals surface area (Å²) in [4.78, 5) is 33.4. The number of carboxylic acids is 1. The van der Waals surface area contributed by atoms with E-state index in [1.165, 1.54) is 0 Å². The van der Waals surface area contributed by atoms with Gasteiger partial charge in [-0.25, -0.2) is 0 Å². The van der Waals surface area contributed by atoms with E-state index in [1.54, 1.807) is 6.08 Å².